The molecule has 1 aromatic heterocycles. The molecular formula is C11H20NPd-3. The van der Waals surface area contributed by atoms with Crippen LogP contribution in [0.4, 0.5) is 0 Å². The molecule has 0 spiro atoms. The molecule has 0 aliphatic heterocycles. The van der Waals surface area contributed by atoms with Crippen molar-refractivity contribution in [1.29, 1.82) is 0 Å². The molecular weight excluding hydrogens is 253 g/mol. The quantitative estimate of drug-likeness (QED) is 0.564. The van der Waals surface area contributed by atoms with Gasteiger partial charge in [-0.1, -0.05) is 19.9 Å². The summed E-state index contributed by atoms with van der Waals surface area (Å²) in [5.74, 6) is 0. The molecule has 0 atom stereocenters. The molecule has 0 aromatic carbocycles. The van der Waals surface area contributed by atoms with E-state index in [1.165, 1.54) is 0 Å². The number of pyridine rings is 1. The van der Waals surface area contributed by atoms with Crippen LogP contribution in [0.5, 0.6) is 0 Å². The van der Waals surface area contributed by atoms with Crippen molar-refractivity contribution in [2.45, 2.75) is 20.3 Å². The summed E-state index contributed by atoms with van der Waals surface area (Å²) in [4.78, 5) is 4.03. The molecule has 1 heterocycles. The molecule has 0 aliphatic carbocycles. The van der Waals surface area contributed by atoms with E-state index in [0.717, 1.165) is 12.1 Å². The van der Waals surface area contributed by atoms with Crippen LogP contribution in [0.3, 0.4) is 0 Å². The van der Waals surface area contributed by atoms with Crippen LogP contribution < -0.4 is 0 Å². The maximum atomic E-state index is 4.03. The van der Waals surface area contributed by atoms with Gasteiger partial charge < -0.3 is 21.8 Å². The first-order valence-electron chi connectivity index (χ1n) is 3.62. The van der Waals surface area contributed by atoms with Crippen LogP contribution >= 0.6 is 0 Å². The van der Waals surface area contributed by atoms with Gasteiger partial charge in [-0.15, -0.1) is 6.42 Å². The first kappa shape index (κ1) is 23.0. The fourth-order valence-corrected chi connectivity index (χ4v) is 0.546. The van der Waals surface area contributed by atoms with Gasteiger partial charge in [-0.3, -0.25) is 4.98 Å². The van der Waals surface area contributed by atoms with E-state index in [0.29, 0.717) is 0 Å². The second-order valence-electron chi connectivity index (χ2n) is 1.57. The molecule has 1 aromatic rings. The monoisotopic (exact) mass is 272 g/mol. The Bertz CT molecular complexity index is 151. The van der Waals surface area contributed by atoms with Crippen LogP contribution in [0.25, 0.3) is 0 Å². The van der Waals surface area contributed by atoms with Gasteiger partial charge in [-0.2, -0.15) is 0 Å². The summed E-state index contributed by atoms with van der Waals surface area (Å²) in [7, 11) is 0. The molecule has 0 amide bonds. The number of rotatable bonds is 1. The summed E-state index contributed by atoms with van der Waals surface area (Å²) in [5.41, 5.74) is 1.05. The predicted octanol–water partition coefficient (Wildman–Crippen LogP) is 3.38. The third-order valence-electron chi connectivity index (χ3n) is 0.982. The molecule has 0 fully saturated rings. The summed E-state index contributed by atoms with van der Waals surface area (Å²) in [6, 6.07) is 5.83. The number of hydrogen-bond acceptors (Lipinski definition) is 1. The topological polar surface area (TPSA) is 12.9 Å². The van der Waals surface area contributed by atoms with Crippen molar-refractivity contribution in [3.63, 3.8) is 0 Å². The zero-order chi connectivity index (χ0) is 7.82. The van der Waals surface area contributed by atoms with Gasteiger partial charge in [0.25, 0.3) is 0 Å². The van der Waals surface area contributed by atoms with Gasteiger partial charge in [0.15, 0.2) is 0 Å². The van der Waals surface area contributed by atoms with E-state index in [4.69, 9.17) is 0 Å². The van der Waals surface area contributed by atoms with Crippen molar-refractivity contribution >= 4 is 0 Å². The van der Waals surface area contributed by atoms with Gasteiger partial charge in [-0.25, -0.2) is 0 Å². The molecule has 13 heavy (non-hydrogen) atoms. The number of nitrogens with zero attached hydrogens (tertiary/aromatic N) is 1. The van der Waals surface area contributed by atoms with Crippen LogP contribution in [0, 0.1) is 21.8 Å². The van der Waals surface area contributed by atoms with Crippen molar-refractivity contribution in [2.75, 3.05) is 0 Å². The minimum absolute atomic E-state index is 0. The molecule has 0 aliphatic rings. The van der Waals surface area contributed by atoms with E-state index in [-0.39, 0.29) is 35.3 Å². The van der Waals surface area contributed by atoms with Gasteiger partial charge in [0.2, 0.25) is 0 Å². The Morgan fingerprint density at radius 1 is 1.23 bits per heavy atom. The van der Waals surface area contributed by atoms with Crippen LogP contribution in [0.2, 0.25) is 0 Å². The molecule has 0 bridgehead atoms. The van der Waals surface area contributed by atoms with E-state index in [9.17, 15) is 0 Å². The average molecular weight is 273 g/mol. The van der Waals surface area contributed by atoms with Gasteiger partial charge in [0.1, 0.15) is 0 Å². The first-order valence-corrected chi connectivity index (χ1v) is 3.62. The summed E-state index contributed by atoms with van der Waals surface area (Å²) in [5, 5.41) is 0. The minimum atomic E-state index is 0. The fraction of sp³-hybridized carbons (Fsp3) is 0.273. The van der Waals surface area contributed by atoms with Crippen molar-refractivity contribution < 1.29 is 20.4 Å². The average Bonchev–Trinajstić information content (AvgIpc) is 2.10. The Kier molecular flexibility index (Phi) is 31.5. The largest absolute Gasteiger partial charge is 0.358 e. The van der Waals surface area contributed by atoms with Gasteiger partial charge in [0, 0.05) is 32.3 Å². The second kappa shape index (κ2) is 17.8. The van der Waals surface area contributed by atoms with E-state index in [1.54, 1.807) is 6.20 Å². The number of hydrogen-bond donors (Lipinski definition) is 0. The molecule has 0 radical (unpaired) electrons. The summed E-state index contributed by atoms with van der Waals surface area (Å²) < 4.78 is 0. The Labute approximate surface area is 97.6 Å². The minimum Gasteiger partial charge on any atom is -0.358 e. The Morgan fingerprint density at radius 3 is 2.00 bits per heavy atom. The Hall–Kier alpha value is -0.188. The van der Waals surface area contributed by atoms with Crippen molar-refractivity contribution in [1.82, 2.24) is 4.98 Å². The van der Waals surface area contributed by atoms with Crippen molar-refractivity contribution in [3.8, 4) is 0 Å². The van der Waals surface area contributed by atoms with Gasteiger partial charge in [-0.05, 0) is 12.1 Å². The van der Waals surface area contributed by atoms with E-state index in [2.05, 4.69) is 11.9 Å². The normalized spacial score (nSPS) is 6.08. The molecule has 0 unspecified atom stereocenters. The van der Waals surface area contributed by atoms with Gasteiger partial charge in [0.05, 0.1) is 0 Å². The van der Waals surface area contributed by atoms with Crippen LogP contribution in [-0.4, -0.2) is 4.98 Å². The third-order valence-corrected chi connectivity index (χ3v) is 0.982. The maximum absolute atomic E-state index is 4.03. The third kappa shape index (κ3) is 11.8. The van der Waals surface area contributed by atoms with Crippen LogP contribution in [-0.2, 0) is 26.8 Å². The molecule has 0 saturated heterocycles. The Morgan fingerprint density at radius 2 is 1.77 bits per heavy atom. The van der Waals surface area contributed by atoms with Gasteiger partial charge >= 0.3 is 0 Å². The molecule has 0 N–H and O–H groups in total. The predicted molar refractivity (Wildman–Crippen MR) is 57.5 cm³/mol. The van der Waals surface area contributed by atoms with E-state index in [1.807, 2.05) is 32.0 Å². The first-order chi connectivity index (χ1) is 4.93. The molecule has 0 saturated carbocycles. The van der Waals surface area contributed by atoms with E-state index >= 15 is 0 Å². The van der Waals surface area contributed by atoms with Crippen LogP contribution in [0.15, 0.2) is 24.4 Å². The number of aromatic nitrogens is 1. The molecule has 1 nitrogen and oxygen atoms in total. The Balaban J connectivity index is -0.0000000761. The second-order valence-corrected chi connectivity index (χ2v) is 1.57. The van der Waals surface area contributed by atoms with Crippen molar-refractivity contribution in [3.05, 3.63) is 51.9 Å². The summed E-state index contributed by atoms with van der Waals surface area (Å²) in [6.45, 7) is 7.69. The molecule has 82 valence electrons. The standard InChI is InChI=1S/C7H8N.C2H6.2CH3.Pd/c1-2-7-5-3-4-6-8-7;1-2;;;/h3-6H,1-2H2;1-2H3;2*1H3;/q-1;;2*-1;. The SMILES string of the molecule is CC.[CH2-]Cc1ccccn1.[CH3-].[CH3-].[Pd]. The summed E-state index contributed by atoms with van der Waals surface area (Å²) >= 11 is 0. The maximum Gasteiger partial charge on any atom is 0.0269 e. The zero-order valence-corrected chi connectivity index (χ0v) is 10.5. The summed E-state index contributed by atoms with van der Waals surface area (Å²) in [6.07, 6.45) is 2.56. The van der Waals surface area contributed by atoms with Crippen LogP contribution in [0.1, 0.15) is 19.5 Å². The van der Waals surface area contributed by atoms with Crippen molar-refractivity contribution in [2.24, 2.45) is 0 Å². The zero-order valence-electron chi connectivity index (χ0n) is 8.99. The molecule has 1 rings (SSSR count). The molecule has 2 heteroatoms. The van der Waals surface area contributed by atoms with E-state index < -0.39 is 0 Å². The fourth-order valence-electron chi connectivity index (χ4n) is 0.546. The smallest absolute Gasteiger partial charge is 0.0269 e.